The van der Waals surface area contributed by atoms with E-state index in [-0.39, 0.29) is 30.8 Å². The van der Waals surface area contributed by atoms with Gasteiger partial charge in [-0.2, -0.15) is 0 Å². The molecule has 0 unspecified atom stereocenters. The monoisotopic (exact) mass is 402 g/mol. The summed E-state index contributed by atoms with van der Waals surface area (Å²) in [7, 11) is 0. The Hall–Kier alpha value is -2.37. The summed E-state index contributed by atoms with van der Waals surface area (Å²) < 4.78 is 5.53. The molecule has 1 aliphatic rings. The minimum Gasteiger partial charge on any atom is -0.459 e. The number of carbonyl (C=O) groups is 2. The Morgan fingerprint density at radius 2 is 1.68 bits per heavy atom. The maximum Gasteiger partial charge on any atom is 0.329 e. The van der Waals surface area contributed by atoms with Crippen LogP contribution in [-0.4, -0.2) is 28.9 Å². The van der Waals surface area contributed by atoms with Gasteiger partial charge in [0.2, 0.25) is 5.91 Å². The SMILES string of the molecule is CC(C)[C@@H](N)C(=O)N1Cc2ccccc2C[C@@H]1C(=O)OCc1ccccc1.Cl. The summed E-state index contributed by atoms with van der Waals surface area (Å²) in [5.74, 6) is -0.602. The van der Waals surface area contributed by atoms with Gasteiger partial charge >= 0.3 is 5.97 Å². The van der Waals surface area contributed by atoms with Gasteiger partial charge in [0.05, 0.1) is 6.04 Å². The van der Waals surface area contributed by atoms with E-state index in [1.807, 2.05) is 68.4 Å². The molecule has 0 bridgehead atoms. The summed E-state index contributed by atoms with van der Waals surface area (Å²) in [6, 6.07) is 16.1. The van der Waals surface area contributed by atoms with Crippen molar-refractivity contribution in [2.75, 3.05) is 0 Å². The molecule has 2 aromatic rings. The van der Waals surface area contributed by atoms with E-state index in [0.717, 1.165) is 16.7 Å². The van der Waals surface area contributed by atoms with Crippen molar-refractivity contribution < 1.29 is 14.3 Å². The summed E-state index contributed by atoms with van der Waals surface area (Å²) in [5.41, 5.74) is 9.13. The van der Waals surface area contributed by atoms with Crippen molar-refractivity contribution in [3.8, 4) is 0 Å². The zero-order chi connectivity index (χ0) is 19.4. The number of ether oxygens (including phenoxy) is 1. The number of nitrogens with zero attached hydrogens (tertiary/aromatic N) is 1. The van der Waals surface area contributed by atoms with Crippen LogP contribution in [0.25, 0.3) is 0 Å². The molecule has 0 radical (unpaired) electrons. The van der Waals surface area contributed by atoms with E-state index in [1.54, 1.807) is 4.90 Å². The summed E-state index contributed by atoms with van der Waals surface area (Å²) in [5, 5.41) is 0. The molecule has 2 aromatic carbocycles. The molecule has 1 amide bonds. The van der Waals surface area contributed by atoms with E-state index in [9.17, 15) is 9.59 Å². The van der Waals surface area contributed by atoms with Crippen molar-refractivity contribution >= 4 is 24.3 Å². The summed E-state index contributed by atoms with van der Waals surface area (Å²) in [4.78, 5) is 27.3. The van der Waals surface area contributed by atoms with E-state index >= 15 is 0 Å². The number of benzene rings is 2. The number of carbonyl (C=O) groups excluding carboxylic acids is 2. The molecular formula is C22H27ClN2O3. The van der Waals surface area contributed by atoms with Crippen molar-refractivity contribution in [1.29, 1.82) is 0 Å². The number of esters is 1. The lowest BCUT2D eigenvalue weighted by Gasteiger charge is -2.37. The number of hydrogen-bond acceptors (Lipinski definition) is 4. The number of nitrogens with two attached hydrogens (primary N) is 1. The first kappa shape index (κ1) is 21.9. The molecule has 1 heterocycles. The van der Waals surface area contributed by atoms with Crippen LogP contribution in [0.15, 0.2) is 54.6 Å². The Morgan fingerprint density at radius 3 is 2.32 bits per heavy atom. The van der Waals surface area contributed by atoms with Crippen LogP contribution in [0.2, 0.25) is 0 Å². The highest BCUT2D eigenvalue weighted by Crippen LogP contribution is 2.25. The van der Waals surface area contributed by atoms with Crippen LogP contribution in [0, 0.1) is 5.92 Å². The second kappa shape index (κ2) is 9.71. The van der Waals surface area contributed by atoms with Crippen LogP contribution in [-0.2, 0) is 33.9 Å². The summed E-state index contributed by atoms with van der Waals surface area (Å²) >= 11 is 0. The van der Waals surface area contributed by atoms with Gasteiger partial charge in [-0.05, 0) is 22.6 Å². The zero-order valence-corrected chi connectivity index (χ0v) is 17.0. The van der Waals surface area contributed by atoms with E-state index in [4.69, 9.17) is 10.5 Å². The van der Waals surface area contributed by atoms with E-state index < -0.39 is 18.1 Å². The van der Waals surface area contributed by atoms with E-state index in [0.29, 0.717) is 13.0 Å². The topological polar surface area (TPSA) is 72.6 Å². The third-order valence-electron chi connectivity index (χ3n) is 5.03. The lowest BCUT2D eigenvalue weighted by atomic mass is 9.92. The third kappa shape index (κ3) is 4.91. The number of rotatable bonds is 5. The smallest absolute Gasteiger partial charge is 0.329 e. The van der Waals surface area contributed by atoms with Crippen LogP contribution in [0.1, 0.15) is 30.5 Å². The fourth-order valence-corrected chi connectivity index (χ4v) is 3.27. The van der Waals surface area contributed by atoms with Crippen molar-refractivity contribution in [2.45, 2.75) is 45.5 Å². The molecule has 0 fully saturated rings. The van der Waals surface area contributed by atoms with Crippen molar-refractivity contribution in [2.24, 2.45) is 11.7 Å². The molecule has 5 nitrogen and oxygen atoms in total. The Morgan fingerprint density at radius 1 is 1.07 bits per heavy atom. The van der Waals surface area contributed by atoms with Crippen LogP contribution in [0.5, 0.6) is 0 Å². The molecule has 2 N–H and O–H groups in total. The molecule has 6 heteroatoms. The van der Waals surface area contributed by atoms with Gasteiger partial charge in [-0.1, -0.05) is 68.4 Å². The minimum absolute atomic E-state index is 0. The van der Waals surface area contributed by atoms with Crippen molar-refractivity contribution in [3.05, 3.63) is 71.3 Å². The predicted octanol–water partition coefficient (Wildman–Crippen LogP) is 3.09. The van der Waals surface area contributed by atoms with Gasteiger partial charge in [0, 0.05) is 13.0 Å². The average molecular weight is 403 g/mol. The van der Waals surface area contributed by atoms with Crippen LogP contribution in [0.4, 0.5) is 0 Å². The van der Waals surface area contributed by atoms with Gasteiger partial charge in [0.25, 0.3) is 0 Å². The number of amides is 1. The van der Waals surface area contributed by atoms with Gasteiger partial charge in [-0.25, -0.2) is 4.79 Å². The third-order valence-corrected chi connectivity index (χ3v) is 5.03. The van der Waals surface area contributed by atoms with E-state index in [2.05, 4.69) is 0 Å². The Labute approximate surface area is 172 Å². The molecule has 1 aliphatic heterocycles. The maximum atomic E-state index is 12.9. The number of fused-ring (bicyclic) bond motifs is 1. The summed E-state index contributed by atoms with van der Waals surface area (Å²) in [6.07, 6.45) is 0.445. The predicted molar refractivity (Wildman–Crippen MR) is 111 cm³/mol. The van der Waals surface area contributed by atoms with Gasteiger partial charge < -0.3 is 15.4 Å². The Kier molecular flexibility index (Phi) is 7.61. The maximum absolute atomic E-state index is 12.9. The molecule has 0 aromatic heterocycles. The van der Waals surface area contributed by atoms with Gasteiger partial charge in [0.1, 0.15) is 12.6 Å². The average Bonchev–Trinajstić information content (AvgIpc) is 2.70. The molecule has 2 atom stereocenters. The molecule has 3 rings (SSSR count). The van der Waals surface area contributed by atoms with E-state index in [1.165, 1.54) is 0 Å². The first-order valence-corrected chi connectivity index (χ1v) is 9.30. The highest BCUT2D eigenvalue weighted by atomic mass is 35.5. The Balaban J connectivity index is 0.00000280. The second-order valence-electron chi connectivity index (χ2n) is 7.32. The van der Waals surface area contributed by atoms with Crippen molar-refractivity contribution in [3.63, 3.8) is 0 Å². The van der Waals surface area contributed by atoms with Gasteiger partial charge in [0.15, 0.2) is 0 Å². The summed E-state index contributed by atoms with van der Waals surface area (Å²) in [6.45, 7) is 4.38. The highest BCUT2D eigenvalue weighted by molar-refractivity contribution is 5.88. The van der Waals surface area contributed by atoms with Crippen LogP contribution >= 0.6 is 12.4 Å². The first-order chi connectivity index (χ1) is 13.0. The van der Waals surface area contributed by atoms with Crippen LogP contribution in [0.3, 0.4) is 0 Å². The lowest BCUT2D eigenvalue weighted by molar-refractivity contribution is -0.158. The standard InChI is InChI=1S/C22H26N2O3.ClH/c1-15(2)20(23)21(25)24-13-18-11-7-6-10-17(18)12-19(24)22(26)27-14-16-8-4-3-5-9-16;/h3-11,15,19-20H,12-14,23H2,1-2H3;1H/t19-,20-;/m1./s1. The van der Waals surface area contributed by atoms with Gasteiger partial charge in [-0.3, -0.25) is 4.79 Å². The molecule has 0 saturated heterocycles. The van der Waals surface area contributed by atoms with Gasteiger partial charge in [-0.15, -0.1) is 12.4 Å². The van der Waals surface area contributed by atoms with Crippen molar-refractivity contribution in [1.82, 2.24) is 4.90 Å². The molecule has 0 aliphatic carbocycles. The molecular weight excluding hydrogens is 376 g/mol. The molecule has 150 valence electrons. The molecule has 0 spiro atoms. The second-order valence-corrected chi connectivity index (χ2v) is 7.32. The fraction of sp³-hybridized carbons (Fsp3) is 0.364. The first-order valence-electron chi connectivity index (χ1n) is 9.30. The largest absolute Gasteiger partial charge is 0.459 e. The molecule has 28 heavy (non-hydrogen) atoms. The number of hydrogen-bond donors (Lipinski definition) is 1. The minimum atomic E-state index is -0.652. The Bertz CT molecular complexity index is 810. The van der Waals surface area contributed by atoms with Crippen LogP contribution < -0.4 is 5.73 Å². The fourth-order valence-electron chi connectivity index (χ4n) is 3.27. The normalized spacial score (nSPS) is 16.7. The zero-order valence-electron chi connectivity index (χ0n) is 16.2. The highest BCUT2D eigenvalue weighted by Gasteiger charge is 2.38. The lowest BCUT2D eigenvalue weighted by Crippen LogP contribution is -2.55. The quantitative estimate of drug-likeness (QED) is 0.780. The number of halogens is 1. The molecule has 0 saturated carbocycles.